The maximum Gasteiger partial charge on any atom is 0.159 e. The van der Waals surface area contributed by atoms with Gasteiger partial charge in [-0.3, -0.25) is 4.84 Å². The molecule has 2 atom stereocenters. The maximum absolute atomic E-state index is 6.05. The van der Waals surface area contributed by atoms with Gasteiger partial charge in [-0.1, -0.05) is 13.8 Å². The van der Waals surface area contributed by atoms with Crippen molar-refractivity contribution in [2.45, 2.75) is 40.2 Å². The first-order chi connectivity index (χ1) is 8.13. The summed E-state index contributed by atoms with van der Waals surface area (Å²) in [4.78, 5) is 7.47. The first-order valence-electron chi connectivity index (χ1n) is 5.96. The van der Waals surface area contributed by atoms with Gasteiger partial charge in [0.1, 0.15) is 5.00 Å². The zero-order valence-electron chi connectivity index (χ0n) is 11.3. The van der Waals surface area contributed by atoms with E-state index in [0.717, 1.165) is 17.6 Å². The highest BCUT2D eigenvalue weighted by Crippen LogP contribution is 2.48. The zero-order chi connectivity index (χ0) is 12.8. The first kappa shape index (κ1) is 14.9. The Balaban J connectivity index is 2.80. The first-order valence-corrected chi connectivity index (χ1v) is 8.24. The Morgan fingerprint density at radius 2 is 2.18 bits per heavy atom. The van der Waals surface area contributed by atoms with E-state index < -0.39 is 8.30 Å². The SMILES string of the molecule is CCC(C)OP(CC)N(OC)c1sccc1C. The molecule has 1 aromatic rings. The van der Waals surface area contributed by atoms with Crippen molar-refractivity contribution < 1.29 is 9.36 Å². The van der Waals surface area contributed by atoms with Gasteiger partial charge in [-0.25, -0.2) is 0 Å². The van der Waals surface area contributed by atoms with Crippen LogP contribution in [-0.4, -0.2) is 19.4 Å². The third-order valence-electron chi connectivity index (χ3n) is 2.53. The summed E-state index contributed by atoms with van der Waals surface area (Å²) in [6.45, 7) is 8.49. The van der Waals surface area contributed by atoms with E-state index in [9.17, 15) is 0 Å². The van der Waals surface area contributed by atoms with Gasteiger partial charge in [0, 0.05) is 6.16 Å². The highest BCUT2D eigenvalue weighted by Gasteiger charge is 2.23. The topological polar surface area (TPSA) is 21.7 Å². The highest BCUT2D eigenvalue weighted by atomic mass is 32.1. The normalized spacial score (nSPS) is 14.6. The lowest BCUT2D eigenvalue weighted by atomic mass is 10.3. The van der Waals surface area contributed by atoms with Gasteiger partial charge in [0.15, 0.2) is 8.30 Å². The second-order valence-electron chi connectivity index (χ2n) is 3.86. The molecule has 0 aliphatic rings. The number of anilines is 1. The van der Waals surface area contributed by atoms with Crippen molar-refractivity contribution in [1.82, 2.24) is 0 Å². The van der Waals surface area contributed by atoms with E-state index in [0.29, 0.717) is 0 Å². The van der Waals surface area contributed by atoms with Gasteiger partial charge in [-0.2, -0.15) is 4.83 Å². The Labute approximate surface area is 110 Å². The monoisotopic (exact) mass is 275 g/mol. The average molecular weight is 275 g/mol. The molecule has 3 nitrogen and oxygen atoms in total. The summed E-state index contributed by atoms with van der Waals surface area (Å²) in [5.41, 5.74) is 1.24. The molecule has 0 aliphatic heterocycles. The van der Waals surface area contributed by atoms with Gasteiger partial charge in [-0.15, -0.1) is 11.3 Å². The molecule has 1 rings (SSSR count). The second kappa shape index (κ2) is 7.32. The van der Waals surface area contributed by atoms with Gasteiger partial charge < -0.3 is 4.52 Å². The van der Waals surface area contributed by atoms with Crippen LogP contribution in [0.2, 0.25) is 0 Å². The van der Waals surface area contributed by atoms with Crippen molar-refractivity contribution in [3.05, 3.63) is 17.0 Å². The molecule has 2 unspecified atom stereocenters. The summed E-state index contributed by atoms with van der Waals surface area (Å²) < 4.78 is 6.05. The van der Waals surface area contributed by atoms with E-state index >= 15 is 0 Å². The number of thiophene rings is 1. The van der Waals surface area contributed by atoms with E-state index in [1.807, 2.05) is 4.83 Å². The molecule has 0 radical (unpaired) electrons. The van der Waals surface area contributed by atoms with Crippen molar-refractivity contribution in [2.75, 3.05) is 18.1 Å². The minimum atomic E-state index is -0.712. The highest BCUT2D eigenvalue weighted by molar-refractivity contribution is 7.54. The molecule has 98 valence electrons. The molecule has 0 spiro atoms. The zero-order valence-corrected chi connectivity index (χ0v) is 13.0. The Morgan fingerprint density at radius 3 is 2.59 bits per heavy atom. The van der Waals surface area contributed by atoms with Crippen LogP contribution >= 0.6 is 19.6 Å². The van der Waals surface area contributed by atoms with E-state index in [1.54, 1.807) is 18.4 Å². The van der Waals surface area contributed by atoms with Crippen LogP contribution in [0.4, 0.5) is 5.00 Å². The molecule has 0 fully saturated rings. The van der Waals surface area contributed by atoms with E-state index in [-0.39, 0.29) is 6.10 Å². The van der Waals surface area contributed by atoms with Gasteiger partial charge >= 0.3 is 0 Å². The van der Waals surface area contributed by atoms with Crippen LogP contribution in [0.1, 0.15) is 32.8 Å². The van der Waals surface area contributed by atoms with Gasteiger partial charge in [0.2, 0.25) is 0 Å². The van der Waals surface area contributed by atoms with Crippen LogP contribution < -0.4 is 4.83 Å². The number of aryl methyl sites for hydroxylation is 1. The summed E-state index contributed by atoms with van der Waals surface area (Å²) in [6.07, 6.45) is 2.27. The molecule has 0 aliphatic carbocycles. The van der Waals surface area contributed by atoms with Crippen LogP contribution in [0.3, 0.4) is 0 Å². The lowest BCUT2D eigenvalue weighted by Gasteiger charge is -2.30. The van der Waals surface area contributed by atoms with E-state index in [2.05, 4.69) is 39.1 Å². The molecule has 0 aromatic carbocycles. The molecule has 0 N–H and O–H groups in total. The van der Waals surface area contributed by atoms with Crippen LogP contribution in [0, 0.1) is 6.92 Å². The van der Waals surface area contributed by atoms with Gasteiger partial charge in [0.05, 0.1) is 13.2 Å². The fourth-order valence-electron chi connectivity index (χ4n) is 1.36. The van der Waals surface area contributed by atoms with Gasteiger partial charge in [-0.05, 0) is 37.3 Å². The summed E-state index contributed by atoms with van der Waals surface area (Å²) in [7, 11) is 1.000. The summed E-state index contributed by atoms with van der Waals surface area (Å²) >= 11 is 1.70. The molecule has 0 saturated carbocycles. The third-order valence-corrected chi connectivity index (χ3v) is 5.56. The standard InChI is InChI=1S/C12H22NO2PS/c1-6-11(4)15-16(7-2)13(14-5)12-10(3)8-9-17-12/h8-9,11H,6-7H2,1-5H3. The van der Waals surface area contributed by atoms with E-state index in [4.69, 9.17) is 9.36 Å². The van der Waals surface area contributed by atoms with Crippen LogP contribution in [0.15, 0.2) is 11.4 Å². The van der Waals surface area contributed by atoms with Crippen LogP contribution in [-0.2, 0) is 9.36 Å². The lowest BCUT2D eigenvalue weighted by Crippen LogP contribution is -2.20. The Kier molecular flexibility index (Phi) is 6.42. The van der Waals surface area contributed by atoms with Crippen LogP contribution in [0.25, 0.3) is 0 Å². The molecule has 0 bridgehead atoms. The van der Waals surface area contributed by atoms with E-state index in [1.165, 1.54) is 5.56 Å². The minimum Gasteiger partial charge on any atom is -0.334 e. The largest absolute Gasteiger partial charge is 0.334 e. The van der Waals surface area contributed by atoms with Crippen molar-refractivity contribution in [3.8, 4) is 0 Å². The quantitative estimate of drug-likeness (QED) is 0.537. The number of nitrogens with zero attached hydrogens (tertiary/aromatic N) is 1. The second-order valence-corrected chi connectivity index (χ2v) is 6.66. The molecular formula is C12H22NO2PS. The third kappa shape index (κ3) is 3.92. The molecule has 1 aromatic heterocycles. The Bertz CT molecular complexity index is 332. The van der Waals surface area contributed by atoms with Crippen molar-refractivity contribution in [3.63, 3.8) is 0 Å². The van der Waals surface area contributed by atoms with Crippen LogP contribution in [0.5, 0.6) is 0 Å². The minimum absolute atomic E-state index is 0.277. The summed E-state index contributed by atoms with van der Waals surface area (Å²) in [5, 5.41) is 3.24. The Hall–Kier alpha value is -0.150. The lowest BCUT2D eigenvalue weighted by molar-refractivity contribution is 0.186. The maximum atomic E-state index is 6.05. The number of hydrogen-bond donors (Lipinski definition) is 0. The molecule has 5 heteroatoms. The fourth-order valence-corrected chi connectivity index (χ4v) is 4.20. The van der Waals surface area contributed by atoms with Crippen molar-refractivity contribution >= 4 is 24.6 Å². The molecule has 17 heavy (non-hydrogen) atoms. The summed E-state index contributed by atoms with van der Waals surface area (Å²) in [6, 6.07) is 2.11. The number of rotatable bonds is 7. The smallest absolute Gasteiger partial charge is 0.159 e. The molecule has 0 amide bonds. The number of hydrogen-bond acceptors (Lipinski definition) is 4. The predicted molar refractivity (Wildman–Crippen MR) is 76.8 cm³/mol. The molecular weight excluding hydrogens is 253 g/mol. The van der Waals surface area contributed by atoms with Gasteiger partial charge in [0.25, 0.3) is 0 Å². The van der Waals surface area contributed by atoms with Crippen molar-refractivity contribution in [2.24, 2.45) is 0 Å². The molecule has 1 heterocycles. The Morgan fingerprint density at radius 1 is 1.47 bits per heavy atom. The molecule has 0 saturated heterocycles. The van der Waals surface area contributed by atoms with Crippen molar-refractivity contribution in [1.29, 1.82) is 0 Å². The predicted octanol–water partition coefficient (Wildman–Crippen LogP) is 4.57. The summed E-state index contributed by atoms with van der Waals surface area (Å²) in [5.74, 6) is 0. The average Bonchev–Trinajstić information content (AvgIpc) is 2.75. The fraction of sp³-hybridized carbons (Fsp3) is 0.667.